The van der Waals surface area contributed by atoms with Gasteiger partial charge >= 0.3 is 5.97 Å². The molecule has 0 radical (unpaired) electrons. The van der Waals surface area contributed by atoms with Crippen LogP contribution in [0, 0.1) is 11.8 Å². The minimum Gasteiger partial charge on any atom is -0.515 e. The summed E-state index contributed by atoms with van der Waals surface area (Å²) in [6.07, 6.45) is 8.94. The Labute approximate surface area is 239 Å². The van der Waals surface area contributed by atoms with E-state index in [0.29, 0.717) is 23.3 Å². The molecule has 5 heterocycles. The first-order chi connectivity index (χ1) is 19.7. The van der Waals surface area contributed by atoms with Gasteiger partial charge in [0.2, 0.25) is 0 Å². The molecule has 0 aromatic carbocycles. The van der Waals surface area contributed by atoms with Crippen LogP contribution in [0.15, 0.2) is 107 Å². The number of methoxy groups -OCH3 is 1. The highest BCUT2D eigenvalue weighted by Crippen LogP contribution is 2.45. The van der Waals surface area contributed by atoms with Crippen molar-refractivity contribution in [1.29, 1.82) is 0 Å². The first-order valence-corrected chi connectivity index (χ1v) is 14.2. The lowest BCUT2D eigenvalue weighted by Gasteiger charge is -2.17. The summed E-state index contributed by atoms with van der Waals surface area (Å²) in [4.78, 5) is 40.5. The van der Waals surface area contributed by atoms with Gasteiger partial charge in [-0.05, 0) is 74.1 Å². The quantitative estimate of drug-likeness (QED) is 0.339. The minimum absolute atomic E-state index is 0.0254. The Morgan fingerprint density at radius 1 is 1.07 bits per heavy atom. The second kappa shape index (κ2) is 9.94. The van der Waals surface area contributed by atoms with Crippen LogP contribution in [0.25, 0.3) is 0 Å². The summed E-state index contributed by atoms with van der Waals surface area (Å²) in [5.74, 6) is -0.213. The van der Waals surface area contributed by atoms with Gasteiger partial charge in [0.05, 0.1) is 47.6 Å². The number of aliphatic hydroxyl groups is 1. The van der Waals surface area contributed by atoms with Crippen LogP contribution in [0.1, 0.15) is 60.3 Å². The zero-order chi connectivity index (χ0) is 29.2. The number of hydrogen-bond donors (Lipinski definition) is 2. The molecule has 210 valence electrons. The number of carbonyl (C=O) groups excluding carboxylic acids is 2. The highest BCUT2D eigenvalue weighted by atomic mass is 16.5. The smallest absolute Gasteiger partial charge is 0.305 e. The van der Waals surface area contributed by atoms with Gasteiger partial charge in [-0.1, -0.05) is 13.8 Å². The van der Waals surface area contributed by atoms with Crippen molar-refractivity contribution in [3.63, 3.8) is 0 Å². The molecule has 0 aromatic heterocycles. The lowest BCUT2D eigenvalue weighted by Crippen LogP contribution is -2.15. The summed E-state index contributed by atoms with van der Waals surface area (Å²) < 4.78 is 4.94. The summed E-state index contributed by atoms with van der Waals surface area (Å²) >= 11 is 0. The van der Waals surface area contributed by atoms with Gasteiger partial charge in [-0.3, -0.25) is 9.59 Å². The molecule has 8 heteroatoms. The second-order valence-electron chi connectivity index (χ2n) is 11.3. The molecule has 0 amide bonds. The van der Waals surface area contributed by atoms with E-state index in [4.69, 9.17) is 19.7 Å². The van der Waals surface area contributed by atoms with Gasteiger partial charge in [0.25, 0.3) is 0 Å². The number of ketones is 1. The molecule has 6 aliphatic rings. The van der Waals surface area contributed by atoms with Crippen LogP contribution in [-0.2, 0) is 14.3 Å². The molecule has 1 aliphatic carbocycles. The molecular formula is C33H34N4O4. The van der Waals surface area contributed by atoms with Gasteiger partial charge in [0.1, 0.15) is 0 Å². The number of aliphatic imine (C=N–C) groups is 3. The third-order valence-corrected chi connectivity index (χ3v) is 9.10. The molecule has 8 bridgehead atoms. The number of nitrogens with zero attached hydrogens (tertiary/aromatic N) is 3. The van der Waals surface area contributed by atoms with Crippen molar-refractivity contribution < 1.29 is 19.4 Å². The Bertz CT molecular complexity index is 1680. The third kappa shape index (κ3) is 4.15. The van der Waals surface area contributed by atoms with Crippen molar-refractivity contribution >= 4 is 28.9 Å². The average Bonchev–Trinajstić information content (AvgIpc) is 3.70. The van der Waals surface area contributed by atoms with Crippen molar-refractivity contribution in [3.8, 4) is 0 Å². The Morgan fingerprint density at radius 2 is 1.80 bits per heavy atom. The molecule has 8 nitrogen and oxygen atoms in total. The topological polar surface area (TPSA) is 113 Å². The van der Waals surface area contributed by atoms with Crippen LogP contribution in [0.5, 0.6) is 0 Å². The van der Waals surface area contributed by atoms with Crippen molar-refractivity contribution in [3.05, 3.63) is 92.0 Å². The van der Waals surface area contributed by atoms with Crippen molar-refractivity contribution in [2.45, 2.75) is 60.3 Å². The fourth-order valence-corrected chi connectivity index (χ4v) is 6.64. The monoisotopic (exact) mass is 550 g/mol. The van der Waals surface area contributed by atoms with Crippen LogP contribution in [0.3, 0.4) is 0 Å². The predicted molar refractivity (Wildman–Crippen MR) is 159 cm³/mol. The highest BCUT2D eigenvalue weighted by molar-refractivity contribution is 6.38. The fourth-order valence-electron chi connectivity index (χ4n) is 6.64. The number of nitrogens with one attached hydrogen (secondary N) is 1. The Morgan fingerprint density at radius 3 is 2.51 bits per heavy atom. The van der Waals surface area contributed by atoms with E-state index in [0.717, 1.165) is 80.5 Å². The Hall–Kier alpha value is -4.33. The number of rotatable bonds is 4. The Kier molecular flexibility index (Phi) is 6.52. The normalized spacial score (nSPS) is 26.0. The maximum atomic E-state index is 13.4. The maximum Gasteiger partial charge on any atom is 0.305 e. The molecule has 0 aromatic rings. The Balaban J connectivity index is 1.60. The van der Waals surface area contributed by atoms with E-state index in [1.165, 1.54) is 7.11 Å². The maximum absolute atomic E-state index is 13.4. The first kappa shape index (κ1) is 26.9. The van der Waals surface area contributed by atoms with Crippen LogP contribution < -0.4 is 5.32 Å². The molecule has 6 rings (SSSR count). The molecule has 5 aliphatic heterocycles. The molecule has 2 atom stereocenters. The largest absolute Gasteiger partial charge is 0.515 e. The zero-order valence-corrected chi connectivity index (χ0v) is 24.3. The van der Waals surface area contributed by atoms with Crippen molar-refractivity contribution in [1.82, 2.24) is 5.32 Å². The summed E-state index contributed by atoms with van der Waals surface area (Å²) in [7, 11) is 1.40. The van der Waals surface area contributed by atoms with E-state index in [2.05, 4.69) is 26.1 Å². The number of aliphatic hydroxyl groups excluding tert-OH is 1. The molecule has 0 spiro atoms. The van der Waals surface area contributed by atoms with E-state index >= 15 is 0 Å². The predicted octanol–water partition coefficient (Wildman–Crippen LogP) is 5.81. The molecule has 0 unspecified atom stereocenters. The fraction of sp³-hybridized carbons (Fsp3) is 0.364. The van der Waals surface area contributed by atoms with E-state index < -0.39 is 0 Å². The zero-order valence-electron chi connectivity index (χ0n) is 24.3. The summed E-state index contributed by atoms with van der Waals surface area (Å²) in [6, 6.07) is 0. The van der Waals surface area contributed by atoms with Gasteiger partial charge in [0, 0.05) is 52.8 Å². The standard InChI is InChI=1S/C33H34N4O4/c1-7-19-15(2)24-12-28-22(14-38)17(4)23(35-28)11-25-16(3)20(8-9-30(40)41-6)32(36-25)21-10-29(39)31-18(5)26(37-33(21)31)13-27(19)34-24/h11-14,16,20,36,38H,7-10H2,1-6H3/t16-,20-/m0/s1. The summed E-state index contributed by atoms with van der Waals surface area (Å²) in [5.41, 5.74) is 12.5. The number of esters is 1. The van der Waals surface area contributed by atoms with E-state index in [1.54, 1.807) is 0 Å². The van der Waals surface area contributed by atoms with E-state index in [-0.39, 0.29) is 36.4 Å². The molecule has 2 fully saturated rings. The second-order valence-corrected chi connectivity index (χ2v) is 11.3. The van der Waals surface area contributed by atoms with Crippen LogP contribution >= 0.6 is 0 Å². The lowest BCUT2D eigenvalue weighted by atomic mass is 9.86. The van der Waals surface area contributed by atoms with Gasteiger partial charge in [-0.25, -0.2) is 15.0 Å². The summed E-state index contributed by atoms with van der Waals surface area (Å²) in [6.45, 7) is 10.2. The number of allylic oxidation sites excluding steroid dienone is 12. The van der Waals surface area contributed by atoms with Gasteiger partial charge in [-0.2, -0.15) is 0 Å². The number of Topliss-reactive ketones (excluding diaryl/α,β-unsaturated/α-hetero) is 1. The van der Waals surface area contributed by atoms with Crippen LogP contribution in [0.4, 0.5) is 0 Å². The summed E-state index contributed by atoms with van der Waals surface area (Å²) in [5, 5.41) is 13.8. The number of hydrogen-bond acceptors (Lipinski definition) is 8. The number of carbonyl (C=O) groups is 2. The molecule has 41 heavy (non-hydrogen) atoms. The highest BCUT2D eigenvalue weighted by Gasteiger charge is 2.43. The molecular weight excluding hydrogens is 516 g/mol. The number of fused-ring (bicyclic) bond motifs is 5. The SMILES string of the molecule is CCC1=C(C)C2=CC3=NC(=C(C)C3=CO)C=C3NC(=C4CC(=O)C5=C(C)C(=CC1=N2)N=C45)[C@@H](CCC(=O)OC)[C@@H]3C. The average molecular weight is 551 g/mol. The lowest BCUT2D eigenvalue weighted by molar-refractivity contribution is -0.140. The van der Waals surface area contributed by atoms with Crippen LogP contribution in [0.2, 0.25) is 0 Å². The van der Waals surface area contributed by atoms with E-state index in [9.17, 15) is 14.7 Å². The van der Waals surface area contributed by atoms with Crippen molar-refractivity contribution in [2.24, 2.45) is 26.8 Å². The van der Waals surface area contributed by atoms with Gasteiger partial charge in [0.15, 0.2) is 5.78 Å². The van der Waals surface area contributed by atoms with E-state index in [1.807, 2.05) is 32.1 Å². The van der Waals surface area contributed by atoms with Gasteiger partial charge in [-0.15, -0.1) is 0 Å². The van der Waals surface area contributed by atoms with Gasteiger partial charge < -0.3 is 15.2 Å². The number of ether oxygens (including phenoxy) is 1. The first-order valence-electron chi connectivity index (χ1n) is 14.2. The van der Waals surface area contributed by atoms with Crippen LogP contribution in [-0.4, -0.2) is 41.1 Å². The molecule has 1 saturated heterocycles. The molecule has 2 N–H and O–H groups in total. The third-order valence-electron chi connectivity index (χ3n) is 9.10. The molecule has 1 saturated carbocycles. The minimum atomic E-state index is -0.264. The van der Waals surface area contributed by atoms with Crippen molar-refractivity contribution in [2.75, 3.05) is 7.11 Å².